The van der Waals surface area contributed by atoms with Crippen LogP contribution in [0.2, 0.25) is 0 Å². The van der Waals surface area contributed by atoms with Gasteiger partial charge in [0.25, 0.3) is 0 Å². The van der Waals surface area contributed by atoms with Crippen molar-refractivity contribution in [1.82, 2.24) is 4.72 Å². The van der Waals surface area contributed by atoms with Gasteiger partial charge in [-0.25, -0.2) is 13.1 Å². The molecule has 3 N–H and O–H groups in total. The monoisotopic (exact) mass is 304 g/mol. The summed E-state index contributed by atoms with van der Waals surface area (Å²) in [7, 11) is -3.52. The molecule has 2 aromatic carbocycles. The topological polar surface area (TPSA) is 72.2 Å². The zero-order chi connectivity index (χ0) is 15.5. The van der Waals surface area contributed by atoms with Gasteiger partial charge in [-0.15, -0.1) is 0 Å². The zero-order valence-electron chi connectivity index (χ0n) is 12.3. The van der Waals surface area contributed by atoms with Crippen molar-refractivity contribution < 1.29 is 8.42 Å². The van der Waals surface area contributed by atoms with Crippen molar-refractivity contribution in [3.8, 4) is 0 Å². The van der Waals surface area contributed by atoms with Gasteiger partial charge in [0.1, 0.15) is 0 Å². The molecule has 0 amide bonds. The van der Waals surface area contributed by atoms with Crippen LogP contribution < -0.4 is 10.5 Å². The highest BCUT2D eigenvalue weighted by Crippen LogP contribution is 2.21. The molecular formula is C16H20N2O2S. The Bertz CT molecular complexity index is 702. The molecule has 0 saturated heterocycles. The minimum Gasteiger partial charge on any atom is -0.398 e. The van der Waals surface area contributed by atoms with E-state index in [-0.39, 0.29) is 4.90 Å². The van der Waals surface area contributed by atoms with Crippen LogP contribution in [0.4, 0.5) is 5.69 Å². The smallest absolute Gasteiger partial charge is 0.240 e. The Kier molecular flexibility index (Phi) is 4.65. The molecule has 4 nitrogen and oxygen atoms in total. The van der Waals surface area contributed by atoms with Crippen molar-refractivity contribution in [2.45, 2.75) is 25.2 Å². The van der Waals surface area contributed by atoms with Gasteiger partial charge in [-0.05, 0) is 49.1 Å². The van der Waals surface area contributed by atoms with E-state index < -0.39 is 10.0 Å². The summed E-state index contributed by atoms with van der Waals surface area (Å²) in [6.07, 6.45) is 0.653. The van der Waals surface area contributed by atoms with Gasteiger partial charge in [0.05, 0.1) is 4.90 Å². The second kappa shape index (κ2) is 6.28. The highest BCUT2D eigenvalue weighted by atomic mass is 32.2. The fourth-order valence-corrected chi connectivity index (χ4v) is 3.22. The quantitative estimate of drug-likeness (QED) is 0.833. The molecule has 0 atom stereocenters. The average molecular weight is 304 g/mol. The highest BCUT2D eigenvalue weighted by Gasteiger charge is 2.15. The summed E-state index contributed by atoms with van der Waals surface area (Å²) in [5.41, 5.74) is 9.23. The summed E-state index contributed by atoms with van der Waals surface area (Å²) in [6.45, 7) is 4.09. The Balaban J connectivity index is 2.09. The number of hydrogen-bond acceptors (Lipinski definition) is 3. The predicted molar refractivity (Wildman–Crippen MR) is 85.7 cm³/mol. The maximum absolute atomic E-state index is 12.3. The lowest BCUT2D eigenvalue weighted by Gasteiger charge is -2.11. The lowest BCUT2D eigenvalue weighted by atomic mass is 10.1. The molecule has 0 aliphatic rings. The van der Waals surface area contributed by atoms with Gasteiger partial charge < -0.3 is 5.73 Å². The maximum atomic E-state index is 12.3. The van der Waals surface area contributed by atoms with Crippen LogP contribution in [0.25, 0.3) is 0 Å². The van der Waals surface area contributed by atoms with Crippen molar-refractivity contribution >= 4 is 15.7 Å². The lowest BCUT2D eigenvalue weighted by Crippen LogP contribution is -2.26. The van der Waals surface area contributed by atoms with Crippen LogP contribution >= 0.6 is 0 Å². The summed E-state index contributed by atoms with van der Waals surface area (Å²) in [5.74, 6) is 0. The van der Waals surface area contributed by atoms with E-state index >= 15 is 0 Å². The van der Waals surface area contributed by atoms with Gasteiger partial charge in [-0.1, -0.05) is 30.3 Å². The molecule has 21 heavy (non-hydrogen) atoms. The fourth-order valence-electron chi connectivity index (χ4n) is 2.07. The third-order valence-electron chi connectivity index (χ3n) is 3.54. The van der Waals surface area contributed by atoms with Gasteiger partial charge in [0.2, 0.25) is 10.0 Å². The number of anilines is 1. The van der Waals surface area contributed by atoms with Crippen LogP contribution in [-0.4, -0.2) is 15.0 Å². The molecule has 0 aromatic heterocycles. The molecule has 0 aliphatic heterocycles. The molecule has 0 unspecified atom stereocenters. The van der Waals surface area contributed by atoms with E-state index in [0.29, 0.717) is 18.7 Å². The number of rotatable bonds is 5. The van der Waals surface area contributed by atoms with Crippen LogP contribution in [0.3, 0.4) is 0 Å². The Morgan fingerprint density at radius 3 is 2.38 bits per heavy atom. The number of sulfonamides is 1. The van der Waals surface area contributed by atoms with Gasteiger partial charge in [-0.2, -0.15) is 0 Å². The minimum absolute atomic E-state index is 0.219. The predicted octanol–water partition coefficient (Wildman–Crippen LogP) is 2.41. The summed E-state index contributed by atoms with van der Waals surface area (Å²) < 4.78 is 27.2. The third kappa shape index (κ3) is 3.83. The molecule has 0 spiro atoms. The summed E-state index contributed by atoms with van der Waals surface area (Å²) in [6, 6.07) is 12.9. The third-order valence-corrected chi connectivity index (χ3v) is 4.98. The molecule has 0 aliphatic carbocycles. The first-order chi connectivity index (χ1) is 9.90. The molecule has 0 radical (unpaired) electrons. The summed E-state index contributed by atoms with van der Waals surface area (Å²) >= 11 is 0. The standard InChI is InChI=1S/C16H20N2O2S/c1-12-10-15(11-16(17)13(12)2)21(19,20)18-9-8-14-6-4-3-5-7-14/h3-7,10-11,18H,8-9,17H2,1-2H3. The van der Waals surface area contributed by atoms with Crippen LogP contribution in [-0.2, 0) is 16.4 Å². The normalized spacial score (nSPS) is 11.5. The Morgan fingerprint density at radius 2 is 1.76 bits per heavy atom. The van der Waals surface area contributed by atoms with E-state index in [1.807, 2.05) is 44.2 Å². The van der Waals surface area contributed by atoms with Crippen LogP contribution in [0.1, 0.15) is 16.7 Å². The molecule has 2 aromatic rings. The second-order valence-corrected chi connectivity index (χ2v) is 6.85. The fraction of sp³-hybridized carbons (Fsp3) is 0.250. The SMILES string of the molecule is Cc1cc(S(=O)(=O)NCCc2ccccc2)cc(N)c1C. The maximum Gasteiger partial charge on any atom is 0.240 e. The molecular weight excluding hydrogens is 284 g/mol. The van der Waals surface area contributed by atoms with Crippen LogP contribution in [0.5, 0.6) is 0 Å². The Hall–Kier alpha value is -1.85. The number of nitrogens with two attached hydrogens (primary N) is 1. The minimum atomic E-state index is -3.52. The van der Waals surface area contributed by atoms with E-state index in [4.69, 9.17) is 5.73 Å². The van der Waals surface area contributed by atoms with E-state index in [1.54, 1.807) is 6.07 Å². The van der Waals surface area contributed by atoms with Gasteiger partial charge in [0.15, 0.2) is 0 Å². The molecule has 112 valence electrons. The zero-order valence-corrected chi connectivity index (χ0v) is 13.1. The van der Waals surface area contributed by atoms with Crippen molar-refractivity contribution in [2.24, 2.45) is 0 Å². The number of hydrogen-bond donors (Lipinski definition) is 2. The van der Waals surface area contributed by atoms with Crippen molar-refractivity contribution in [2.75, 3.05) is 12.3 Å². The molecule has 2 rings (SSSR count). The highest BCUT2D eigenvalue weighted by molar-refractivity contribution is 7.89. The van der Waals surface area contributed by atoms with Crippen LogP contribution in [0.15, 0.2) is 47.4 Å². The summed E-state index contributed by atoms with van der Waals surface area (Å²) in [4.78, 5) is 0.219. The van der Waals surface area contributed by atoms with Crippen LogP contribution in [0, 0.1) is 13.8 Å². The van der Waals surface area contributed by atoms with Gasteiger partial charge >= 0.3 is 0 Å². The van der Waals surface area contributed by atoms with E-state index in [0.717, 1.165) is 16.7 Å². The first kappa shape index (κ1) is 15.5. The van der Waals surface area contributed by atoms with Crippen molar-refractivity contribution in [1.29, 1.82) is 0 Å². The van der Waals surface area contributed by atoms with Crippen molar-refractivity contribution in [3.63, 3.8) is 0 Å². The van der Waals surface area contributed by atoms with E-state index in [2.05, 4.69) is 4.72 Å². The number of benzene rings is 2. The second-order valence-electron chi connectivity index (χ2n) is 5.09. The number of aryl methyl sites for hydroxylation is 1. The van der Waals surface area contributed by atoms with Crippen molar-refractivity contribution in [3.05, 3.63) is 59.2 Å². The first-order valence-corrected chi connectivity index (χ1v) is 8.29. The number of nitrogens with one attached hydrogen (secondary N) is 1. The van der Waals surface area contributed by atoms with E-state index in [1.165, 1.54) is 6.07 Å². The summed E-state index contributed by atoms with van der Waals surface area (Å²) in [5, 5.41) is 0. The average Bonchev–Trinajstić information content (AvgIpc) is 2.45. The first-order valence-electron chi connectivity index (χ1n) is 6.80. The van der Waals surface area contributed by atoms with Gasteiger partial charge in [-0.3, -0.25) is 0 Å². The molecule has 0 heterocycles. The van der Waals surface area contributed by atoms with Gasteiger partial charge in [0, 0.05) is 12.2 Å². The molecule has 0 bridgehead atoms. The Morgan fingerprint density at radius 1 is 1.10 bits per heavy atom. The Labute approximate surface area is 126 Å². The molecule has 0 fully saturated rings. The number of nitrogen functional groups attached to an aromatic ring is 1. The largest absolute Gasteiger partial charge is 0.398 e. The van der Waals surface area contributed by atoms with E-state index in [9.17, 15) is 8.42 Å². The molecule has 5 heteroatoms. The lowest BCUT2D eigenvalue weighted by molar-refractivity contribution is 0.581. The molecule has 0 saturated carbocycles.